The van der Waals surface area contributed by atoms with E-state index in [2.05, 4.69) is 34.6 Å². The number of carbonyl (C=O) groups is 1. The fourth-order valence-corrected chi connectivity index (χ4v) is 1.26. The molecule has 0 rings (SSSR count). The molecular weight excluding hydrogens is 174 g/mol. The predicted octanol–water partition coefficient (Wildman–Crippen LogP) is 2.93. The van der Waals surface area contributed by atoms with Crippen LogP contribution >= 0.6 is 0 Å². The molecule has 0 saturated carbocycles. The summed E-state index contributed by atoms with van der Waals surface area (Å²) in [6.45, 7) is 10.7. The molecule has 84 valence electrons. The molecule has 1 amide bonds. The molecular formula is C12H25NO. The fraction of sp³-hybridized carbons (Fsp3) is 0.917. The lowest BCUT2D eigenvalue weighted by atomic mass is 10.0. The van der Waals surface area contributed by atoms with Gasteiger partial charge >= 0.3 is 0 Å². The molecule has 0 unspecified atom stereocenters. The number of amides is 1. The van der Waals surface area contributed by atoms with Gasteiger partial charge in [-0.15, -0.1) is 0 Å². The van der Waals surface area contributed by atoms with E-state index < -0.39 is 0 Å². The van der Waals surface area contributed by atoms with Gasteiger partial charge < -0.3 is 4.90 Å². The van der Waals surface area contributed by atoms with Crippen LogP contribution in [0.15, 0.2) is 0 Å². The van der Waals surface area contributed by atoms with Crippen molar-refractivity contribution >= 4 is 5.91 Å². The molecule has 0 aromatic heterocycles. The Bertz CT molecular complexity index is 177. The number of hydrogen-bond donors (Lipinski definition) is 0. The lowest BCUT2D eigenvalue weighted by molar-refractivity contribution is -0.133. The third-order valence-electron chi connectivity index (χ3n) is 3.19. The first-order valence-electron chi connectivity index (χ1n) is 5.65. The van der Waals surface area contributed by atoms with Gasteiger partial charge in [0, 0.05) is 19.5 Å². The van der Waals surface area contributed by atoms with E-state index >= 15 is 0 Å². The first-order chi connectivity index (χ1) is 6.40. The minimum absolute atomic E-state index is 0.278. The lowest BCUT2D eigenvalue weighted by Gasteiger charge is -2.28. The zero-order valence-corrected chi connectivity index (χ0v) is 10.5. The molecule has 0 heterocycles. The summed E-state index contributed by atoms with van der Waals surface area (Å²) in [4.78, 5) is 13.7. The largest absolute Gasteiger partial charge is 0.343 e. The Hall–Kier alpha value is -0.530. The molecule has 0 aliphatic heterocycles. The van der Waals surface area contributed by atoms with Crippen LogP contribution < -0.4 is 0 Å². The zero-order chi connectivity index (χ0) is 11.3. The van der Waals surface area contributed by atoms with Crippen LogP contribution in [0.5, 0.6) is 0 Å². The van der Waals surface area contributed by atoms with Crippen LogP contribution in [0.3, 0.4) is 0 Å². The van der Waals surface area contributed by atoms with E-state index in [4.69, 9.17) is 0 Å². The normalized spacial score (nSPS) is 15.4. The first kappa shape index (κ1) is 13.5. The summed E-state index contributed by atoms with van der Waals surface area (Å²) in [5, 5.41) is 0. The lowest BCUT2D eigenvalue weighted by Crippen LogP contribution is -2.38. The van der Waals surface area contributed by atoms with Gasteiger partial charge in [-0.3, -0.25) is 4.79 Å². The van der Waals surface area contributed by atoms with E-state index in [0.717, 1.165) is 6.42 Å². The summed E-state index contributed by atoms with van der Waals surface area (Å²) >= 11 is 0. The Morgan fingerprint density at radius 1 is 1.21 bits per heavy atom. The smallest absolute Gasteiger partial charge is 0.222 e. The van der Waals surface area contributed by atoms with Crippen molar-refractivity contribution in [1.82, 2.24) is 4.90 Å². The standard InChI is InChI=1S/C12H25NO/c1-7-10(4)8-12(14)13(6)11(5)9(2)3/h9-11H,7-8H2,1-6H3/t10-,11+/m0/s1. The molecule has 0 bridgehead atoms. The van der Waals surface area contributed by atoms with E-state index in [-0.39, 0.29) is 5.91 Å². The highest BCUT2D eigenvalue weighted by atomic mass is 16.2. The van der Waals surface area contributed by atoms with Gasteiger partial charge in [-0.25, -0.2) is 0 Å². The Balaban J connectivity index is 4.11. The van der Waals surface area contributed by atoms with Crippen LogP contribution in [0.25, 0.3) is 0 Å². The maximum Gasteiger partial charge on any atom is 0.222 e. The molecule has 0 aliphatic rings. The Morgan fingerprint density at radius 2 is 1.71 bits per heavy atom. The van der Waals surface area contributed by atoms with Gasteiger partial charge in [0.25, 0.3) is 0 Å². The van der Waals surface area contributed by atoms with Gasteiger partial charge in [0.1, 0.15) is 0 Å². The van der Waals surface area contributed by atoms with Crippen molar-refractivity contribution in [2.75, 3.05) is 7.05 Å². The summed E-state index contributed by atoms with van der Waals surface area (Å²) in [6.07, 6.45) is 1.76. The van der Waals surface area contributed by atoms with Crippen LogP contribution in [0.1, 0.15) is 47.5 Å². The summed E-state index contributed by atoms with van der Waals surface area (Å²) in [6, 6.07) is 0.339. The monoisotopic (exact) mass is 199 g/mol. The highest BCUT2D eigenvalue weighted by molar-refractivity contribution is 5.76. The van der Waals surface area contributed by atoms with E-state index in [1.165, 1.54) is 0 Å². The average Bonchev–Trinajstić information content (AvgIpc) is 2.14. The Kier molecular flexibility index (Phi) is 5.82. The van der Waals surface area contributed by atoms with Crippen molar-refractivity contribution in [2.24, 2.45) is 11.8 Å². The van der Waals surface area contributed by atoms with Gasteiger partial charge in [0.2, 0.25) is 5.91 Å². The third-order valence-corrected chi connectivity index (χ3v) is 3.19. The summed E-state index contributed by atoms with van der Waals surface area (Å²) < 4.78 is 0. The van der Waals surface area contributed by atoms with Crippen LogP contribution in [0, 0.1) is 11.8 Å². The maximum atomic E-state index is 11.8. The fourth-order valence-electron chi connectivity index (χ4n) is 1.26. The van der Waals surface area contributed by atoms with Gasteiger partial charge in [-0.2, -0.15) is 0 Å². The molecule has 2 nitrogen and oxygen atoms in total. The molecule has 0 N–H and O–H groups in total. The number of carbonyl (C=O) groups excluding carboxylic acids is 1. The van der Waals surface area contributed by atoms with Crippen LogP contribution in [0.4, 0.5) is 0 Å². The van der Waals surface area contributed by atoms with Crippen molar-refractivity contribution in [3.63, 3.8) is 0 Å². The van der Waals surface area contributed by atoms with Crippen molar-refractivity contribution in [1.29, 1.82) is 0 Å². The first-order valence-corrected chi connectivity index (χ1v) is 5.65. The predicted molar refractivity (Wildman–Crippen MR) is 61.1 cm³/mol. The van der Waals surface area contributed by atoms with Gasteiger partial charge in [0.15, 0.2) is 0 Å². The minimum Gasteiger partial charge on any atom is -0.343 e. The Morgan fingerprint density at radius 3 is 2.07 bits per heavy atom. The molecule has 0 spiro atoms. The second kappa shape index (κ2) is 6.05. The van der Waals surface area contributed by atoms with E-state index in [9.17, 15) is 4.79 Å². The van der Waals surface area contributed by atoms with Crippen LogP contribution in [-0.4, -0.2) is 23.9 Å². The van der Waals surface area contributed by atoms with E-state index in [1.54, 1.807) is 0 Å². The number of nitrogens with zero attached hydrogens (tertiary/aromatic N) is 1. The maximum absolute atomic E-state index is 11.8. The SMILES string of the molecule is CC[C@H](C)CC(=O)N(C)[C@H](C)C(C)C. The molecule has 2 atom stereocenters. The topological polar surface area (TPSA) is 20.3 Å². The zero-order valence-electron chi connectivity index (χ0n) is 10.5. The second-order valence-corrected chi connectivity index (χ2v) is 4.71. The third kappa shape index (κ3) is 4.12. The van der Waals surface area contributed by atoms with Crippen molar-refractivity contribution < 1.29 is 4.79 Å². The molecule has 14 heavy (non-hydrogen) atoms. The highest BCUT2D eigenvalue weighted by Gasteiger charge is 2.19. The van der Waals surface area contributed by atoms with Crippen molar-refractivity contribution in [3.8, 4) is 0 Å². The molecule has 0 radical (unpaired) electrons. The van der Waals surface area contributed by atoms with E-state index in [1.807, 2.05) is 11.9 Å². The summed E-state index contributed by atoms with van der Waals surface area (Å²) in [5.74, 6) is 1.31. The van der Waals surface area contributed by atoms with Gasteiger partial charge in [-0.1, -0.05) is 34.1 Å². The van der Waals surface area contributed by atoms with Crippen molar-refractivity contribution in [2.45, 2.75) is 53.5 Å². The number of rotatable bonds is 5. The highest BCUT2D eigenvalue weighted by Crippen LogP contribution is 2.13. The van der Waals surface area contributed by atoms with E-state index in [0.29, 0.717) is 24.3 Å². The Labute approximate surface area is 88.7 Å². The minimum atomic E-state index is 0.278. The van der Waals surface area contributed by atoms with Gasteiger partial charge in [-0.05, 0) is 18.8 Å². The average molecular weight is 199 g/mol. The van der Waals surface area contributed by atoms with Crippen LogP contribution in [0.2, 0.25) is 0 Å². The summed E-state index contributed by atoms with van der Waals surface area (Å²) in [5.41, 5.74) is 0. The van der Waals surface area contributed by atoms with Crippen molar-refractivity contribution in [3.05, 3.63) is 0 Å². The molecule has 0 aromatic carbocycles. The quantitative estimate of drug-likeness (QED) is 0.666. The molecule has 0 aliphatic carbocycles. The second-order valence-electron chi connectivity index (χ2n) is 4.71. The molecule has 0 fully saturated rings. The van der Waals surface area contributed by atoms with Gasteiger partial charge in [0.05, 0.1) is 0 Å². The number of hydrogen-bond acceptors (Lipinski definition) is 1. The molecule has 0 saturated heterocycles. The van der Waals surface area contributed by atoms with Crippen LogP contribution in [-0.2, 0) is 4.79 Å². The summed E-state index contributed by atoms with van der Waals surface area (Å²) in [7, 11) is 1.91. The molecule has 0 aromatic rings. The molecule has 2 heteroatoms.